The molecule has 1 amide bonds. The number of likely N-dealkylation sites (tertiary alicyclic amines) is 1. The molecule has 5 nitrogen and oxygen atoms in total. The highest BCUT2D eigenvalue weighted by Crippen LogP contribution is 2.44. The normalized spacial score (nSPS) is 19.9. The molecule has 114 valence electrons. The second-order valence-electron chi connectivity index (χ2n) is 5.75. The van der Waals surface area contributed by atoms with Crippen LogP contribution in [0.5, 0.6) is 0 Å². The van der Waals surface area contributed by atoms with Crippen LogP contribution in [0.4, 0.5) is 0 Å². The summed E-state index contributed by atoms with van der Waals surface area (Å²) >= 11 is 1.79. The number of carbonyl (C=O) groups is 1. The first-order chi connectivity index (χ1) is 10.8. The maximum absolute atomic E-state index is 12.5. The average Bonchev–Trinajstić information content (AvgIpc) is 3.06. The predicted molar refractivity (Wildman–Crippen MR) is 82.8 cm³/mol. The quantitative estimate of drug-likeness (QED) is 0.810. The smallest absolute Gasteiger partial charge is 0.274 e. The van der Waals surface area contributed by atoms with E-state index < -0.39 is 0 Å². The van der Waals surface area contributed by atoms with E-state index in [0.29, 0.717) is 18.8 Å². The van der Waals surface area contributed by atoms with Crippen LogP contribution in [0.15, 0.2) is 30.0 Å². The van der Waals surface area contributed by atoms with E-state index in [4.69, 9.17) is 4.74 Å². The molecule has 2 aliphatic rings. The number of carbonyl (C=O) groups excluding carboxylic acids is 1. The molecule has 0 radical (unpaired) electrons. The number of aromatic nitrogens is 2. The van der Waals surface area contributed by atoms with E-state index in [2.05, 4.69) is 21.4 Å². The van der Waals surface area contributed by atoms with Gasteiger partial charge in [0.05, 0.1) is 12.8 Å². The number of hydrogen-bond acceptors (Lipinski definition) is 5. The average molecular weight is 315 g/mol. The van der Waals surface area contributed by atoms with Gasteiger partial charge in [0.15, 0.2) is 0 Å². The van der Waals surface area contributed by atoms with E-state index in [0.717, 1.165) is 25.9 Å². The van der Waals surface area contributed by atoms with Crippen molar-refractivity contribution in [2.24, 2.45) is 0 Å². The number of fused-ring (bicyclic) bond motifs is 2. The van der Waals surface area contributed by atoms with E-state index in [-0.39, 0.29) is 11.5 Å². The lowest BCUT2D eigenvalue weighted by Crippen LogP contribution is -2.48. The van der Waals surface area contributed by atoms with Crippen molar-refractivity contribution in [1.82, 2.24) is 14.9 Å². The molecular formula is C16H17N3O2S. The summed E-state index contributed by atoms with van der Waals surface area (Å²) in [7, 11) is 0. The number of hydrogen-bond donors (Lipinski definition) is 0. The van der Waals surface area contributed by atoms with Crippen molar-refractivity contribution in [3.8, 4) is 0 Å². The Kier molecular flexibility index (Phi) is 3.43. The Balaban J connectivity index is 1.51. The molecule has 0 bridgehead atoms. The summed E-state index contributed by atoms with van der Waals surface area (Å²) < 4.78 is 6.17. The van der Waals surface area contributed by atoms with Gasteiger partial charge in [-0.1, -0.05) is 0 Å². The van der Waals surface area contributed by atoms with Crippen LogP contribution < -0.4 is 0 Å². The zero-order chi connectivity index (χ0) is 15.0. The molecule has 0 aliphatic carbocycles. The monoisotopic (exact) mass is 315 g/mol. The number of ether oxygens (including phenoxy) is 1. The summed E-state index contributed by atoms with van der Waals surface area (Å²) in [6.45, 7) is 2.18. The fourth-order valence-electron chi connectivity index (χ4n) is 3.37. The van der Waals surface area contributed by atoms with Gasteiger partial charge < -0.3 is 9.64 Å². The molecule has 2 aliphatic heterocycles. The minimum atomic E-state index is -0.180. The van der Waals surface area contributed by atoms with Crippen molar-refractivity contribution in [3.63, 3.8) is 0 Å². The van der Waals surface area contributed by atoms with Gasteiger partial charge in [0, 0.05) is 30.4 Å². The highest BCUT2D eigenvalue weighted by molar-refractivity contribution is 7.10. The van der Waals surface area contributed by atoms with Gasteiger partial charge in [-0.3, -0.25) is 9.78 Å². The van der Waals surface area contributed by atoms with Gasteiger partial charge in [0.25, 0.3) is 5.91 Å². The molecule has 1 spiro atoms. The molecule has 6 heteroatoms. The Morgan fingerprint density at radius 2 is 2.18 bits per heavy atom. The molecule has 4 heterocycles. The zero-order valence-corrected chi connectivity index (χ0v) is 13.0. The first kappa shape index (κ1) is 13.8. The second kappa shape index (κ2) is 5.44. The minimum Gasteiger partial charge on any atom is -0.369 e. The molecule has 0 saturated carbocycles. The summed E-state index contributed by atoms with van der Waals surface area (Å²) in [5.41, 5.74) is 1.66. The van der Waals surface area contributed by atoms with Crippen LogP contribution in [0, 0.1) is 0 Å². The van der Waals surface area contributed by atoms with E-state index >= 15 is 0 Å². The summed E-state index contributed by atoms with van der Waals surface area (Å²) in [6, 6.07) is 2.21. The lowest BCUT2D eigenvalue weighted by atomic mass is 9.85. The van der Waals surface area contributed by atoms with Crippen LogP contribution >= 0.6 is 11.3 Å². The molecule has 0 atom stereocenters. The van der Waals surface area contributed by atoms with Gasteiger partial charge in [-0.05, 0) is 36.3 Å². The molecule has 0 aromatic carbocycles. The SMILES string of the molecule is O=C(c1cnccn1)N1CCC2(CC1)OCCc1ccsc12. The van der Waals surface area contributed by atoms with Crippen LogP contribution in [0.25, 0.3) is 0 Å². The van der Waals surface area contributed by atoms with E-state index in [1.807, 2.05) is 4.90 Å². The first-order valence-electron chi connectivity index (χ1n) is 7.55. The summed E-state index contributed by atoms with van der Waals surface area (Å²) in [5, 5.41) is 2.15. The summed E-state index contributed by atoms with van der Waals surface area (Å²) in [5.74, 6) is -0.0369. The van der Waals surface area contributed by atoms with Crippen molar-refractivity contribution in [2.45, 2.75) is 24.9 Å². The van der Waals surface area contributed by atoms with Gasteiger partial charge in [0.2, 0.25) is 0 Å². The van der Waals surface area contributed by atoms with Crippen LogP contribution in [-0.2, 0) is 16.8 Å². The largest absolute Gasteiger partial charge is 0.369 e. The Labute approximate surface area is 133 Å². The number of amides is 1. The molecule has 1 saturated heterocycles. The fraction of sp³-hybridized carbons (Fsp3) is 0.438. The maximum Gasteiger partial charge on any atom is 0.274 e. The molecule has 2 aromatic rings. The van der Waals surface area contributed by atoms with Gasteiger partial charge in [0.1, 0.15) is 11.3 Å². The molecule has 0 N–H and O–H groups in total. The molecular weight excluding hydrogens is 298 g/mol. The van der Waals surface area contributed by atoms with E-state index in [9.17, 15) is 4.79 Å². The molecule has 2 aromatic heterocycles. The van der Waals surface area contributed by atoms with Crippen molar-refractivity contribution < 1.29 is 9.53 Å². The van der Waals surface area contributed by atoms with Gasteiger partial charge in [-0.15, -0.1) is 11.3 Å². The van der Waals surface area contributed by atoms with E-state index in [1.54, 1.807) is 23.7 Å². The number of thiophene rings is 1. The summed E-state index contributed by atoms with van der Waals surface area (Å²) in [6.07, 6.45) is 7.38. The Morgan fingerprint density at radius 3 is 2.95 bits per heavy atom. The highest BCUT2D eigenvalue weighted by atomic mass is 32.1. The molecule has 4 rings (SSSR count). The lowest BCUT2D eigenvalue weighted by Gasteiger charge is -2.43. The van der Waals surface area contributed by atoms with Crippen LogP contribution in [0.3, 0.4) is 0 Å². The van der Waals surface area contributed by atoms with Gasteiger partial charge in [-0.2, -0.15) is 0 Å². The first-order valence-corrected chi connectivity index (χ1v) is 8.43. The third-order valence-corrected chi connectivity index (χ3v) is 5.69. The highest BCUT2D eigenvalue weighted by Gasteiger charge is 2.42. The lowest BCUT2D eigenvalue weighted by molar-refractivity contribution is -0.0906. The van der Waals surface area contributed by atoms with Crippen molar-refractivity contribution in [3.05, 3.63) is 46.2 Å². The predicted octanol–water partition coefficient (Wildman–Crippen LogP) is 2.24. The van der Waals surface area contributed by atoms with E-state index in [1.165, 1.54) is 16.6 Å². The Hall–Kier alpha value is -1.79. The number of rotatable bonds is 1. The topological polar surface area (TPSA) is 55.3 Å². The van der Waals surface area contributed by atoms with Crippen LogP contribution in [0.1, 0.15) is 33.8 Å². The van der Waals surface area contributed by atoms with Crippen molar-refractivity contribution in [2.75, 3.05) is 19.7 Å². The standard InChI is InChI=1S/C16H17N3O2S/c20-15(13-11-17-5-6-18-13)19-7-3-16(4-8-19)14-12(1-9-21-16)2-10-22-14/h2,5-6,10-11H,1,3-4,7-9H2. The Morgan fingerprint density at radius 1 is 1.32 bits per heavy atom. The van der Waals surface area contributed by atoms with Crippen LogP contribution in [0.2, 0.25) is 0 Å². The van der Waals surface area contributed by atoms with Crippen LogP contribution in [-0.4, -0.2) is 40.5 Å². The molecule has 22 heavy (non-hydrogen) atoms. The van der Waals surface area contributed by atoms with Crippen molar-refractivity contribution in [1.29, 1.82) is 0 Å². The maximum atomic E-state index is 12.5. The third kappa shape index (κ3) is 2.23. The number of piperidine rings is 1. The molecule has 1 fully saturated rings. The summed E-state index contributed by atoms with van der Waals surface area (Å²) in [4.78, 5) is 23.8. The third-order valence-electron chi connectivity index (χ3n) is 4.55. The second-order valence-corrected chi connectivity index (χ2v) is 6.67. The van der Waals surface area contributed by atoms with Gasteiger partial charge in [-0.25, -0.2) is 4.98 Å². The van der Waals surface area contributed by atoms with Gasteiger partial charge >= 0.3 is 0 Å². The fourth-order valence-corrected chi connectivity index (χ4v) is 4.54. The zero-order valence-electron chi connectivity index (χ0n) is 12.2. The Bertz CT molecular complexity index is 678. The van der Waals surface area contributed by atoms with Crippen molar-refractivity contribution >= 4 is 17.2 Å². The molecule has 0 unspecified atom stereocenters. The minimum absolute atomic E-state index is 0.0369. The number of nitrogens with zero attached hydrogens (tertiary/aromatic N) is 3.